The lowest BCUT2D eigenvalue weighted by molar-refractivity contribution is 0.664. The Labute approximate surface area is 298 Å². The second-order valence-corrected chi connectivity index (χ2v) is 14.1. The first kappa shape index (κ1) is 29.5. The average Bonchev–Trinajstić information content (AvgIpc) is 3.65. The highest BCUT2D eigenvalue weighted by Gasteiger charge is 2.40. The summed E-state index contributed by atoms with van der Waals surface area (Å²) in [6, 6.07) is 66.1. The van der Waals surface area contributed by atoms with E-state index in [0.29, 0.717) is 0 Å². The van der Waals surface area contributed by atoms with Gasteiger partial charge in [0.1, 0.15) is 0 Å². The van der Waals surface area contributed by atoms with Gasteiger partial charge < -0.3 is 9.47 Å². The van der Waals surface area contributed by atoms with Crippen molar-refractivity contribution in [3.05, 3.63) is 193 Å². The average molecular weight is 653 g/mol. The summed E-state index contributed by atoms with van der Waals surface area (Å²) in [5.74, 6) is 0. The van der Waals surface area contributed by atoms with Crippen LogP contribution in [0.4, 0.5) is 17.1 Å². The minimum Gasteiger partial charge on any atom is -0.311 e. The zero-order valence-corrected chi connectivity index (χ0v) is 28.7. The van der Waals surface area contributed by atoms with E-state index < -0.39 is 0 Å². The molecule has 2 heteroatoms. The molecule has 0 saturated heterocycles. The molecule has 2 nitrogen and oxygen atoms in total. The molecule has 10 rings (SSSR count). The third-order valence-electron chi connectivity index (χ3n) is 10.9. The van der Waals surface area contributed by atoms with Gasteiger partial charge in [0.15, 0.2) is 0 Å². The van der Waals surface area contributed by atoms with Gasteiger partial charge in [0.05, 0.1) is 11.0 Å². The molecule has 0 N–H and O–H groups in total. The van der Waals surface area contributed by atoms with E-state index in [1.165, 1.54) is 71.6 Å². The van der Waals surface area contributed by atoms with Crippen LogP contribution in [0.5, 0.6) is 0 Å². The maximum Gasteiger partial charge on any atom is 0.0594 e. The van der Waals surface area contributed by atoms with E-state index in [4.69, 9.17) is 0 Å². The first-order valence-corrected chi connectivity index (χ1v) is 17.8. The van der Waals surface area contributed by atoms with Gasteiger partial charge in [-0.2, -0.15) is 0 Å². The Kier molecular flexibility index (Phi) is 6.56. The van der Waals surface area contributed by atoms with Crippen molar-refractivity contribution in [3.63, 3.8) is 0 Å². The molecule has 9 aromatic rings. The first-order valence-electron chi connectivity index (χ1n) is 17.8. The third-order valence-corrected chi connectivity index (χ3v) is 10.9. The van der Waals surface area contributed by atoms with Gasteiger partial charge in [-0.1, -0.05) is 141 Å². The molecule has 1 aromatic heterocycles. The van der Waals surface area contributed by atoms with Crippen LogP contribution < -0.4 is 4.90 Å². The van der Waals surface area contributed by atoms with Crippen LogP contribution in [0.1, 0.15) is 25.0 Å². The number of benzene rings is 8. The minimum atomic E-state index is -0.157. The highest BCUT2D eigenvalue weighted by Crippen LogP contribution is 2.56. The van der Waals surface area contributed by atoms with Crippen molar-refractivity contribution in [2.24, 2.45) is 0 Å². The van der Waals surface area contributed by atoms with Gasteiger partial charge in [-0.3, -0.25) is 0 Å². The Morgan fingerprint density at radius 3 is 1.63 bits per heavy atom. The van der Waals surface area contributed by atoms with Crippen molar-refractivity contribution in [1.29, 1.82) is 0 Å². The van der Waals surface area contributed by atoms with Crippen LogP contribution in [0.3, 0.4) is 0 Å². The molecule has 0 amide bonds. The number of nitrogens with zero attached hydrogens (tertiary/aromatic N) is 2. The normalized spacial score (nSPS) is 13.1. The summed E-state index contributed by atoms with van der Waals surface area (Å²) in [5.41, 5.74) is 14.9. The monoisotopic (exact) mass is 652 g/mol. The second-order valence-electron chi connectivity index (χ2n) is 14.1. The van der Waals surface area contributed by atoms with Gasteiger partial charge in [0.25, 0.3) is 0 Å². The molecule has 1 aliphatic rings. The highest BCUT2D eigenvalue weighted by atomic mass is 15.1. The van der Waals surface area contributed by atoms with Crippen LogP contribution >= 0.6 is 0 Å². The minimum absolute atomic E-state index is 0.157. The van der Waals surface area contributed by atoms with Gasteiger partial charge in [-0.25, -0.2) is 0 Å². The van der Waals surface area contributed by atoms with Crippen molar-refractivity contribution in [3.8, 4) is 27.9 Å². The molecule has 0 fully saturated rings. The van der Waals surface area contributed by atoms with Crippen LogP contribution in [0, 0.1) is 0 Å². The van der Waals surface area contributed by atoms with E-state index in [0.717, 1.165) is 17.1 Å². The van der Waals surface area contributed by atoms with Crippen molar-refractivity contribution < 1.29 is 0 Å². The molecule has 0 spiro atoms. The van der Waals surface area contributed by atoms with E-state index in [9.17, 15) is 0 Å². The lowest BCUT2D eigenvalue weighted by Gasteiger charge is -2.25. The predicted octanol–water partition coefficient (Wildman–Crippen LogP) is 13.4. The lowest BCUT2D eigenvalue weighted by Crippen LogP contribution is -2.16. The molecular weight excluding hydrogens is 617 g/mol. The summed E-state index contributed by atoms with van der Waals surface area (Å²) < 4.78 is 2.52. The maximum atomic E-state index is 2.52. The summed E-state index contributed by atoms with van der Waals surface area (Å²) >= 11 is 0. The van der Waals surface area contributed by atoms with Gasteiger partial charge in [-0.05, 0) is 98.8 Å². The number of rotatable bonds is 5. The fraction of sp³-hybridized carbons (Fsp3) is 0.0612. The smallest absolute Gasteiger partial charge is 0.0594 e. The van der Waals surface area contributed by atoms with E-state index in [1.54, 1.807) is 0 Å². The van der Waals surface area contributed by atoms with E-state index in [-0.39, 0.29) is 5.41 Å². The number of hydrogen-bond donors (Lipinski definition) is 0. The summed E-state index contributed by atoms with van der Waals surface area (Å²) in [7, 11) is 0. The Morgan fingerprint density at radius 2 is 0.961 bits per heavy atom. The van der Waals surface area contributed by atoms with Gasteiger partial charge in [0, 0.05) is 38.9 Å². The zero-order valence-electron chi connectivity index (χ0n) is 28.7. The number of para-hydroxylation sites is 3. The number of aromatic nitrogens is 1. The number of fused-ring (bicyclic) bond motifs is 10. The number of anilines is 3. The van der Waals surface area contributed by atoms with Crippen LogP contribution in [0.2, 0.25) is 0 Å². The molecule has 0 radical (unpaired) electrons. The quantitative estimate of drug-likeness (QED) is 0.180. The van der Waals surface area contributed by atoms with Crippen LogP contribution in [-0.2, 0) is 5.41 Å². The van der Waals surface area contributed by atoms with Gasteiger partial charge in [-0.15, -0.1) is 0 Å². The summed E-state index contributed by atoms with van der Waals surface area (Å²) in [6.07, 6.45) is 0. The number of hydrogen-bond acceptors (Lipinski definition) is 1. The van der Waals surface area contributed by atoms with E-state index >= 15 is 0 Å². The van der Waals surface area contributed by atoms with Gasteiger partial charge in [0.2, 0.25) is 0 Å². The van der Waals surface area contributed by atoms with Crippen molar-refractivity contribution in [2.45, 2.75) is 19.3 Å². The van der Waals surface area contributed by atoms with Crippen molar-refractivity contribution in [2.75, 3.05) is 4.90 Å². The van der Waals surface area contributed by atoms with Crippen molar-refractivity contribution >= 4 is 49.6 Å². The van der Waals surface area contributed by atoms with Gasteiger partial charge >= 0.3 is 0 Å². The maximum absolute atomic E-state index is 2.52. The first-order chi connectivity index (χ1) is 25.1. The fourth-order valence-electron chi connectivity index (χ4n) is 8.67. The molecule has 0 unspecified atom stereocenters. The Hall–Kier alpha value is -6.38. The van der Waals surface area contributed by atoms with Crippen LogP contribution in [-0.4, -0.2) is 4.57 Å². The molecule has 0 aliphatic heterocycles. The Bertz CT molecular complexity index is 2700. The predicted molar refractivity (Wildman–Crippen MR) is 216 cm³/mol. The molecular formula is C49H36N2. The molecule has 0 saturated carbocycles. The fourth-order valence-corrected chi connectivity index (χ4v) is 8.67. The summed E-state index contributed by atoms with van der Waals surface area (Å²) in [4.78, 5) is 2.30. The summed E-state index contributed by atoms with van der Waals surface area (Å²) in [5, 5.41) is 5.27. The largest absolute Gasteiger partial charge is 0.311 e. The molecule has 0 bridgehead atoms. The lowest BCUT2D eigenvalue weighted by atomic mass is 9.80. The van der Waals surface area contributed by atoms with Crippen LogP contribution in [0.15, 0.2) is 182 Å². The third kappa shape index (κ3) is 4.43. The molecule has 1 heterocycles. The zero-order chi connectivity index (χ0) is 34.1. The van der Waals surface area contributed by atoms with Crippen molar-refractivity contribution in [1.82, 2.24) is 4.57 Å². The second kappa shape index (κ2) is 11.3. The Morgan fingerprint density at radius 1 is 0.451 bits per heavy atom. The SMILES string of the molecule is CC1(C)c2ccccc2-c2c1c1c(c3ccccc23)c2ccccc2n1-c1ccc(-c2ccc(N(c3ccccc3)c3ccccc3)cc2)cc1. The van der Waals surface area contributed by atoms with Crippen LogP contribution in [0.25, 0.3) is 60.5 Å². The highest BCUT2D eigenvalue weighted by molar-refractivity contribution is 6.27. The summed E-state index contributed by atoms with van der Waals surface area (Å²) in [6.45, 7) is 4.80. The molecule has 51 heavy (non-hydrogen) atoms. The molecule has 242 valence electrons. The Balaban J connectivity index is 1.12. The van der Waals surface area contributed by atoms with E-state index in [2.05, 4.69) is 205 Å². The standard InChI is InChI=1S/C49H36N2/c1-49(2)43-23-13-11-21-41(43)45-39-19-9-10-20-40(39)46-42-22-12-14-24-44(42)51(48(46)47(45)49)38-31-27-34(28-32-38)33-25-29-37(30-26-33)50(35-15-5-3-6-16-35)36-17-7-4-8-18-36/h3-32H,1-2H3. The topological polar surface area (TPSA) is 8.17 Å². The van der Waals surface area contributed by atoms with E-state index in [1.807, 2.05) is 0 Å². The molecule has 8 aromatic carbocycles. The molecule has 0 atom stereocenters. The molecule has 1 aliphatic carbocycles.